The minimum Gasteiger partial charge on any atom is -0.469 e. The van der Waals surface area contributed by atoms with E-state index in [1.165, 1.54) is 7.11 Å². The number of hydrogen-bond donors (Lipinski definition) is 4. The Bertz CT molecular complexity index is 2030. The summed E-state index contributed by atoms with van der Waals surface area (Å²) in [6.45, 7) is 3.81. The van der Waals surface area contributed by atoms with Gasteiger partial charge in [-0.1, -0.05) is 63.4 Å². The Kier molecular flexibility index (Phi) is 7.68. The zero-order valence-corrected chi connectivity index (χ0v) is 28.4. The Balaban J connectivity index is 1.34. The van der Waals surface area contributed by atoms with Crippen LogP contribution in [0.4, 0.5) is 5.69 Å². The lowest BCUT2D eigenvalue weighted by atomic mass is 9.72. The summed E-state index contributed by atoms with van der Waals surface area (Å²) < 4.78 is 24.1. The van der Waals surface area contributed by atoms with E-state index in [0.29, 0.717) is 24.4 Å². The maximum atomic E-state index is 14.2. The van der Waals surface area contributed by atoms with E-state index in [1.54, 1.807) is 0 Å². The van der Waals surface area contributed by atoms with Gasteiger partial charge in [0.1, 0.15) is 28.8 Å². The van der Waals surface area contributed by atoms with E-state index in [2.05, 4.69) is 20.9 Å². The fourth-order valence-electron chi connectivity index (χ4n) is 7.73. The van der Waals surface area contributed by atoms with Crippen molar-refractivity contribution in [3.8, 4) is 17.3 Å². The van der Waals surface area contributed by atoms with Crippen LogP contribution in [0.1, 0.15) is 90.8 Å². The normalized spacial score (nSPS) is 24.5. The molecule has 0 radical (unpaired) electrons. The molecule has 14 heteroatoms. The van der Waals surface area contributed by atoms with E-state index in [9.17, 15) is 19.5 Å². The predicted molar refractivity (Wildman–Crippen MR) is 179 cm³/mol. The quantitative estimate of drug-likeness (QED) is 0.210. The molecule has 4 aromatic rings. The number of anilines is 1. The lowest BCUT2D eigenvalue weighted by Crippen LogP contribution is -2.56. The van der Waals surface area contributed by atoms with E-state index in [1.807, 2.05) is 56.3 Å². The fraction of sp³-hybridized carbons (Fsp3) is 0.417. The highest BCUT2D eigenvalue weighted by molar-refractivity contribution is 6.31. The van der Waals surface area contributed by atoms with E-state index < -0.39 is 47.1 Å². The van der Waals surface area contributed by atoms with Crippen molar-refractivity contribution in [1.82, 2.24) is 20.6 Å². The molecule has 3 aliphatic heterocycles. The van der Waals surface area contributed by atoms with Crippen molar-refractivity contribution in [2.45, 2.75) is 81.7 Å². The predicted octanol–water partition coefficient (Wildman–Crippen LogP) is 4.80. The number of nitrogens with zero attached hydrogens (tertiary/aromatic N) is 2. The first-order chi connectivity index (χ1) is 24.0. The zero-order chi connectivity index (χ0) is 34.9. The van der Waals surface area contributed by atoms with E-state index in [-0.39, 0.29) is 40.7 Å². The summed E-state index contributed by atoms with van der Waals surface area (Å²) in [6.07, 6.45) is 2.51. The number of aliphatic hydroxyl groups is 1. The van der Waals surface area contributed by atoms with E-state index in [0.717, 1.165) is 41.6 Å². The third kappa shape index (κ3) is 4.89. The highest BCUT2D eigenvalue weighted by Gasteiger charge is 2.61. The summed E-state index contributed by atoms with van der Waals surface area (Å²) in [5.74, 6) is -1.12. The molecule has 5 heterocycles. The lowest BCUT2D eigenvalue weighted by molar-refractivity contribution is -0.145. The van der Waals surface area contributed by atoms with E-state index in [4.69, 9.17) is 34.9 Å². The fourth-order valence-corrected chi connectivity index (χ4v) is 7.92. The van der Waals surface area contributed by atoms with Crippen molar-refractivity contribution >= 4 is 35.1 Å². The molecule has 2 aromatic carbocycles. The number of hydrogen-bond acceptors (Lipinski definition) is 11. The standard InChI is InChI=1S/C36H36ClN5O8/c1-17(2)24-30-41-25(31-42-26(28(37)50-31)32(44)47-3)27(49-30)36-19-9-5-6-10-21(19)39-34(36)48-23-12-11-18(15-20(23)36)16-22(29(43)40-24)38-33(45)35(46)13-7-4-8-14-35/h5-6,9-12,15,17,22,24,34,39,46H,4,7-8,13-14,16H2,1-3H3,(H,38,45)(H,40,43)/t22?,24-,34?,36?/m0/s1. The average molecular weight is 702 g/mol. The number of oxazole rings is 2. The SMILES string of the molecule is COC(=O)c1nc(-c2nc3oc2C24c5ccccc5NC2Oc2ccc(cc24)CC(NC(=O)C2(O)CCCCC2)C(=O)N[C@H]3C(C)C)oc1Cl. The Labute approximate surface area is 292 Å². The third-order valence-electron chi connectivity index (χ3n) is 10.3. The number of carbonyl (C=O) groups excluding carboxylic acids is 3. The molecule has 0 saturated heterocycles. The van der Waals surface area contributed by atoms with Crippen LogP contribution in [-0.2, 0) is 26.2 Å². The Morgan fingerprint density at radius 3 is 2.60 bits per heavy atom. The van der Waals surface area contributed by atoms with Gasteiger partial charge in [0.15, 0.2) is 17.7 Å². The minimum atomic E-state index is -1.55. The summed E-state index contributed by atoms with van der Waals surface area (Å²) in [4.78, 5) is 49.6. The van der Waals surface area contributed by atoms with Gasteiger partial charge in [0.05, 0.1) is 7.11 Å². The first kappa shape index (κ1) is 32.3. The van der Waals surface area contributed by atoms with Gasteiger partial charge in [0.25, 0.3) is 11.8 Å². The maximum Gasteiger partial charge on any atom is 0.361 e. The number of amides is 2. The first-order valence-electron chi connectivity index (χ1n) is 16.8. The Hall–Kier alpha value is -4.88. The molecule has 3 unspecified atom stereocenters. The second-order valence-electron chi connectivity index (χ2n) is 13.7. The number of halogens is 1. The van der Waals surface area contributed by atoms with Gasteiger partial charge < -0.3 is 39.4 Å². The van der Waals surface area contributed by atoms with Gasteiger partial charge in [-0.3, -0.25) is 9.59 Å². The highest BCUT2D eigenvalue weighted by Crippen LogP contribution is 2.59. The molecule has 13 nitrogen and oxygen atoms in total. The number of para-hydroxylation sites is 1. The number of fused-ring (bicyclic) bond motifs is 4. The van der Waals surface area contributed by atoms with Crippen LogP contribution in [-0.4, -0.2) is 57.8 Å². The average Bonchev–Trinajstić information content (AvgIpc) is 3.86. The van der Waals surface area contributed by atoms with Crippen LogP contribution < -0.4 is 20.7 Å². The molecule has 8 rings (SSSR count). The van der Waals surface area contributed by atoms with Crippen LogP contribution in [0.2, 0.25) is 5.22 Å². The molecule has 1 aliphatic carbocycles. The molecule has 4 bridgehead atoms. The number of carbonyl (C=O) groups is 3. The molecule has 1 fully saturated rings. The van der Waals surface area contributed by atoms with Gasteiger partial charge in [0, 0.05) is 17.7 Å². The highest BCUT2D eigenvalue weighted by atomic mass is 35.5. The molecule has 2 aromatic heterocycles. The second-order valence-corrected chi connectivity index (χ2v) is 14.1. The summed E-state index contributed by atoms with van der Waals surface area (Å²) >= 11 is 6.36. The van der Waals surface area contributed by atoms with Gasteiger partial charge in [-0.2, -0.15) is 4.98 Å². The molecular weight excluding hydrogens is 666 g/mol. The zero-order valence-electron chi connectivity index (χ0n) is 27.7. The number of rotatable bonds is 5. The van der Waals surface area contributed by atoms with Crippen molar-refractivity contribution in [3.05, 3.63) is 81.7 Å². The largest absolute Gasteiger partial charge is 0.469 e. The molecule has 1 spiro atoms. The van der Waals surface area contributed by atoms with Gasteiger partial charge in [-0.05, 0) is 53.6 Å². The van der Waals surface area contributed by atoms with Crippen LogP contribution in [0.15, 0.2) is 51.3 Å². The van der Waals surface area contributed by atoms with Crippen molar-refractivity contribution in [1.29, 1.82) is 0 Å². The number of ether oxygens (including phenoxy) is 2. The summed E-state index contributed by atoms with van der Waals surface area (Å²) in [5.41, 5.74) is 0.352. The molecule has 1 saturated carbocycles. The van der Waals surface area contributed by atoms with Gasteiger partial charge >= 0.3 is 5.97 Å². The van der Waals surface area contributed by atoms with Crippen molar-refractivity contribution in [3.63, 3.8) is 0 Å². The molecule has 4 N–H and O–H groups in total. The van der Waals surface area contributed by atoms with Gasteiger partial charge in [0.2, 0.25) is 22.7 Å². The summed E-state index contributed by atoms with van der Waals surface area (Å²) in [5, 5.41) is 20.4. The van der Waals surface area contributed by atoms with Crippen LogP contribution in [0.5, 0.6) is 5.75 Å². The van der Waals surface area contributed by atoms with Crippen molar-refractivity contribution < 1.29 is 37.8 Å². The monoisotopic (exact) mass is 701 g/mol. The number of nitrogens with one attached hydrogen (secondary N) is 3. The molecular formula is C36H36ClN5O8. The minimum absolute atomic E-state index is 0.0860. The molecule has 2 amide bonds. The number of aromatic nitrogens is 2. The maximum absolute atomic E-state index is 14.2. The lowest BCUT2D eigenvalue weighted by Gasteiger charge is -2.33. The molecule has 4 atom stereocenters. The Morgan fingerprint density at radius 2 is 1.84 bits per heavy atom. The topological polar surface area (TPSA) is 178 Å². The number of esters is 1. The van der Waals surface area contributed by atoms with Gasteiger partial charge in [-0.25, -0.2) is 9.78 Å². The van der Waals surface area contributed by atoms with E-state index >= 15 is 0 Å². The number of benzene rings is 2. The molecule has 260 valence electrons. The number of methoxy groups -OCH3 is 1. The molecule has 50 heavy (non-hydrogen) atoms. The van der Waals surface area contributed by atoms with Crippen LogP contribution in [0, 0.1) is 5.92 Å². The summed E-state index contributed by atoms with van der Waals surface area (Å²) in [7, 11) is 1.21. The molecule has 4 aliphatic rings. The second kappa shape index (κ2) is 11.9. The van der Waals surface area contributed by atoms with Crippen molar-refractivity contribution in [2.75, 3.05) is 12.4 Å². The van der Waals surface area contributed by atoms with Crippen LogP contribution >= 0.6 is 11.6 Å². The van der Waals surface area contributed by atoms with Gasteiger partial charge in [-0.15, -0.1) is 0 Å². The van der Waals surface area contributed by atoms with Crippen molar-refractivity contribution in [2.24, 2.45) is 5.92 Å². The van der Waals surface area contributed by atoms with Crippen LogP contribution in [0.3, 0.4) is 0 Å². The smallest absolute Gasteiger partial charge is 0.361 e. The van der Waals surface area contributed by atoms with Crippen LogP contribution in [0.25, 0.3) is 11.6 Å². The first-order valence-corrected chi connectivity index (χ1v) is 17.2. The Morgan fingerprint density at radius 1 is 1.06 bits per heavy atom. The third-order valence-corrected chi connectivity index (χ3v) is 10.6. The summed E-state index contributed by atoms with van der Waals surface area (Å²) in [6, 6.07) is 11.6.